The maximum absolute atomic E-state index is 12.1. The van der Waals surface area contributed by atoms with Gasteiger partial charge in [0.05, 0.1) is 11.5 Å². The van der Waals surface area contributed by atoms with Crippen LogP contribution in [-0.2, 0) is 14.6 Å². The number of likely N-dealkylation sites (tertiary alicyclic amines) is 1. The number of nitrogens with zero attached hydrogens (tertiary/aromatic N) is 1. The fraction of sp³-hybridized carbons (Fsp3) is 0.667. The van der Waals surface area contributed by atoms with Crippen LogP contribution in [0.1, 0.15) is 52.9 Å². The topological polar surface area (TPSA) is 72.9 Å². The molecule has 28 heavy (non-hydrogen) atoms. The van der Waals surface area contributed by atoms with Gasteiger partial charge in [0.15, 0.2) is 9.84 Å². The van der Waals surface area contributed by atoms with E-state index in [9.17, 15) is 13.2 Å². The minimum atomic E-state index is -3.17. The van der Waals surface area contributed by atoms with Crippen molar-refractivity contribution in [2.75, 3.05) is 26.0 Å². The average Bonchev–Trinajstić information content (AvgIpc) is 2.60. The van der Waals surface area contributed by atoms with E-state index < -0.39 is 15.4 Å². The molecular weight excluding hydrogens is 378 g/mol. The summed E-state index contributed by atoms with van der Waals surface area (Å²) in [6.07, 6.45) is 6.21. The number of benzene rings is 1. The van der Waals surface area contributed by atoms with Gasteiger partial charge in [-0.3, -0.25) is 0 Å². The van der Waals surface area contributed by atoms with Crippen molar-refractivity contribution in [3.05, 3.63) is 24.3 Å². The lowest BCUT2D eigenvalue weighted by molar-refractivity contribution is 0.0180. The molecule has 0 spiro atoms. The van der Waals surface area contributed by atoms with Crippen LogP contribution in [0.15, 0.2) is 29.2 Å². The molecule has 1 aliphatic heterocycles. The van der Waals surface area contributed by atoms with Gasteiger partial charge in [0.25, 0.3) is 0 Å². The van der Waals surface area contributed by atoms with Gasteiger partial charge < -0.3 is 14.4 Å². The molecule has 158 valence electrons. The van der Waals surface area contributed by atoms with Crippen LogP contribution in [0.3, 0.4) is 0 Å². The lowest BCUT2D eigenvalue weighted by Gasteiger charge is -2.33. The van der Waals surface area contributed by atoms with Gasteiger partial charge in [-0.15, -0.1) is 0 Å². The summed E-state index contributed by atoms with van der Waals surface area (Å²) in [5, 5.41) is 0. The third kappa shape index (κ3) is 7.70. The van der Waals surface area contributed by atoms with Gasteiger partial charge in [0.1, 0.15) is 11.4 Å². The fourth-order valence-corrected chi connectivity index (χ4v) is 3.87. The molecular formula is C21H33NO5S. The van der Waals surface area contributed by atoms with Gasteiger partial charge in [-0.25, -0.2) is 13.2 Å². The van der Waals surface area contributed by atoms with Crippen LogP contribution >= 0.6 is 0 Å². The lowest BCUT2D eigenvalue weighted by atomic mass is 9.92. The van der Waals surface area contributed by atoms with E-state index in [1.165, 1.54) is 6.26 Å². The second-order valence-electron chi connectivity index (χ2n) is 8.50. The number of amides is 1. The number of carbonyl (C=O) groups is 1. The lowest BCUT2D eigenvalue weighted by Crippen LogP contribution is -2.41. The van der Waals surface area contributed by atoms with Crippen LogP contribution in [0.25, 0.3) is 0 Å². The number of carbonyl (C=O) groups excluding carboxylic acids is 1. The molecule has 0 radical (unpaired) electrons. The molecule has 6 nitrogen and oxygen atoms in total. The van der Waals surface area contributed by atoms with Gasteiger partial charge in [0, 0.05) is 19.3 Å². The average molecular weight is 412 g/mol. The summed E-state index contributed by atoms with van der Waals surface area (Å²) in [5.41, 5.74) is -0.445. The van der Waals surface area contributed by atoms with Crippen molar-refractivity contribution in [1.29, 1.82) is 0 Å². The molecule has 1 aromatic rings. The first-order chi connectivity index (χ1) is 13.0. The second kappa shape index (κ2) is 9.63. The molecule has 0 unspecified atom stereocenters. The Balaban J connectivity index is 1.60. The number of sulfone groups is 1. The van der Waals surface area contributed by atoms with Crippen molar-refractivity contribution in [3.8, 4) is 5.75 Å². The summed E-state index contributed by atoms with van der Waals surface area (Å²) < 4.78 is 34.0. The van der Waals surface area contributed by atoms with Crippen LogP contribution in [0.5, 0.6) is 5.75 Å². The van der Waals surface area contributed by atoms with Crippen molar-refractivity contribution < 1.29 is 22.7 Å². The van der Waals surface area contributed by atoms with Gasteiger partial charge in [-0.05, 0) is 76.6 Å². The summed E-state index contributed by atoms with van der Waals surface area (Å²) in [4.78, 5) is 14.2. The van der Waals surface area contributed by atoms with Gasteiger partial charge in [-0.2, -0.15) is 0 Å². The van der Waals surface area contributed by atoms with E-state index in [0.717, 1.165) is 45.2 Å². The van der Waals surface area contributed by atoms with Gasteiger partial charge >= 0.3 is 6.09 Å². The Labute approximate surface area is 169 Å². The molecule has 1 aromatic carbocycles. The zero-order valence-corrected chi connectivity index (χ0v) is 18.3. The Morgan fingerprint density at radius 1 is 1.11 bits per heavy atom. The second-order valence-corrected chi connectivity index (χ2v) is 10.5. The first kappa shape index (κ1) is 22.5. The number of ether oxygens (including phenoxy) is 2. The number of hydrogen-bond acceptors (Lipinski definition) is 5. The molecule has 0 bridgehead atoms. The molecule has 1 heterocycles. The molecule has 2 rings (SSSR count). The standard InChI is InChI=1S/C21H33NO5S/c1-21(2,3)27-20(23)22-14-12-17(13-15-22)7-5-6-16-26-18-8-10-19(11-9-18)28(4,24)25/h8-11,17H,5-7,12-16H2,1-4H3. The predicted molar refractivity (Wildman–Crippen MR) is 109 cm³/mol. The highest BCUT2D eigenvalue weighted by atomic mass is 32.2. The minimum absolute atomic E-state index is 0.207. The molecule has 0 saturated carbocycles. The van der Waals surface area contributed by atoms with E-state index in [1.807, 2.05) is 25.7 Å². The third-order valence-electron chi connectivity index (χ3n) is 4.79. The van der Waals surface area contributed by atoms with Crippen molar-refractivity contribution in [1.82, 2.24) is 4.90 Å². The van der Waals surface area contributed by atoms with E-state index in [0.29, 0.717) is 23.2 Å². The minimum Gasteiger partial charge on any atom is -0.494 e. The van der Waals surface area contributed by atoms with E-state index in [1.54, 1.807) is 24.3 Å². The smallest absolute Gasteiger partial charge is 0.410 e. The third-order valence-corrected chi connectivity index (χ3v) is 5.92. The van der Waals surface area contributed by atoms with Crippen molar-refractivity contribution in [2.45, 2.75) is 63.4 Å². The Morgan fingerprint density at radius 2 is 1.71 bits per heavy atom. The maximum Gasteiger partial charge on any atom is 0.410 e. The SMILES string of the molecule is CC(C)(C)OC(=O)N1CCC(CCCCOc2ccc(S(C)(=O)=O)cc2)CC1. The molecule has 7 heteroatoms. The molecule has 0 N–H and O–H groups in total. The zero-order chi connectivity index (χ0) is 20.8. The molecule has 1 saturated heterocycles. The number of piperidine rings is 1. The van der Waals surface area contributed by atoms with Crippen LogP contribution < -0.4 is 4.74 Å². The van der Waals surface area contributed by atoms with E-state index >= 15 is 0 Å². The Hall–Kier alpha value is -1.76. The summed E-state index contributed by atoms with van der Waals surface area (Å²) in [6.45, 7) is 7.82. The highest BCUT2D eigenvalue weighted by Crippen LogP contribution is 2.24. The Kier molecular flexibility index (Phi) is 7.75. The van der Waals surface area contributed by atoms with Crippen LogP contribution in [0.4, 0.5) is 4.79 Å². The van der Waals surface area contributed by atoms with E-state index in [2.05, 4.69) is 0 Å². The first-order valence-electron chi connectivity index (χ1n) is 9.95. The van der Waals surface area contributed by atoms with Crippen LogP contribution in [0.2, 0.25) is 0 Å². The van der Waals surface area contributed by atoms with Crippen LogP contribution in [-0.4, -0.2) is 51.0 Å². The molecule has 0 atom stereocenters. The summed E-state index contributed by atoms with van der Waals surface area (Å²) in [7, 11) is -3.17. The van der Waals surface area contributed by atoms with Gasteiger partial charge in [-0.1, -0.05) is 6.42 Å². The van der Waals surface area contributed by atoms with Crippen LogP contribution in [0, 0.1) is 5.92 Å². The van der Waals surface area contributed by atoms with Gasteiger partial charge in [0.2, 0.25) is 0 Å². The van der Waals surface area contributed by atoms with E-state index in [4.69, 9.17) is 9.47 Å². The summed E-state index contributed by atoms with van der Waals surface area (Å²) >= 11 is 0. The highest BCUT2D eigenvalue weighted by Gasteiger charge is 2.26. The number of rotatable bonds is 7. The predicted octanol–water partition coefficient (Wildman–Crippen LogP) is 4.29. The largest absolute Gasteiger partial charge is 0.494 e. The summed E-state index contributed by atoms with van der Waals surface area (Å²) in [6, 6.07) is 6.54. The van der Waals surface area contributed by atoms with Crippen molar-refractivity contribution >= 4 is 15.9 Å². The van der Waals surface area contributed by atoms with Crippen molar-refractivity contribution in [2.24, 2.45) is 5.92 Å². The number of hydrogen-bond donors (Lipinski definition) is 0. The zero-order valence-electron chi connectivity index (χ0n) is 17.4. The van der Waals surface area contributed by atoms with Crippen molar-refractivity contribution in [3.63, 3.8) is 0 Å². The Bertz CT molecular complexity index is 729. The summed E-state index contributed by atoms with van der Waals surface area (Å²) in [5.74, 6) is 1.34. The molecule has 0 aliphatic carbocycles. The Morgan fingerprint density at radius 3 is 2.25 bits per heavy atom. The first-order valence-corrected chi connectivity index (χ1v) is 11.8. The maximum atomic E-state index is 12.1. The van der Waals surface area contributed by atoms with E-state index in [-0.39, 0.29) is 6.09 Å². The quantitative estimate of drug-likeness (QED) is 0.626. The molecule has 1 amide bonds. The highest BCUT2D eigenvalue weighted by molar-refractivity contribution is 7.90. The monoisotopic (exact) mass is 411 g/mol. The normalized spacial score (nSPS) is 16.1. The number of unbranched alkanes of at least 4 members (excludes halogenated alkanes) is 1. The fourth-order valence-electron chi connectivity index (χ4n) is 3.24. The molecule has 0 aromatic heterocycles. The molecule has 1 fully saturated rings. The molecule has 1 aliphatic rings.